The van der Waals surface area contributed by atoms with Crippen molar-refractivity contribution in [1.82, 2.24) is 10.2 Å². The predicted molar refractivity (Wildman–Crippen MR) is 102 cm³/mol. The van der Waals surface area contributed by atoms with Crippen molar-refractivity contribution in [3.63, 3.8) is 0 Å². The van der Waals surface area contributed by atoms with Gasteiger partial charge in [0.1, 0.15) is 11.4 Å². The molecule has 1 aromatic rings. The van der Waals surface area contributed by atoms with E-state index in [0.29, 0.717) is 6.42 Å². The van der Waals surface area contributed by atoms with Crippen LogP contribution >= 0.6 is 11.8 Å². The second-order valence-corrected chi connectivity index (χ2v) is 9.00. The summed E-state index contributed by atoms with van der Waals surface area (Å²) in [6, 6.07) is 10.0. The van der Waals surface area contributed by atoms with E-state index in [1.54, 1.807) is 16.7 Å². The molecule has 1 aromatic carbocycles. The van der Waals surface area contributed by atoms with Gasteiger partial charge >= 0.3 is 0 Å². The molecule has 5 heteroatoms. The fraction of sp³-hybridized carbons (Fsp3) is 0.500. The molecule has 4 nitrogen and oxygen atoms in total. The molecule has 2 saturated heterocycles. The predicted octanol–water partition coefficient (Wildman–Crippen LogP) is 3.48. The van der Waals surface area contributed by atoms with Crippen molar-refractivity contribution in [2.45, 2.75) is 62.1 Å². The molecule has 0 aromatic heterocycles. The van der Waals surface area contributed by atoms with Crippen LogP contribution in [0.15, 0.2) is 42.6 Å². The van der Waals surface area contributed by atoms with Crippen LogP contribution < -0.4 is 5.32 Å². The summed E-state index contributed by atoms with van der Waals surface area (Å²) >= 11 is 1.70. The van der Waals surface area contributed by atoms with Gasteiger partial charge in [-0.1, -0.05) is 43.3 Å². The molecule has 2 aliphatic heterocycles. The SMILES string of the molecule is C=C1N2C(=O)[C@@H](NC(=O)CCCCCc3ccccc3)[C@H]2SC1(C)C. The van der Waals surface area contributed by atoms with Gasteiger partial charge in [-0.2, -0.15) is 0 Å². The first kappa shape index (κ1) is 18.1. The van der Waals surface area contributed by atoms with Crippen LogP contribution in [0.1, 0.15) is 45.1 Å². The van der Waals surface area contributed by atoms with E-state index in [2.05, 4.69) is 50.0 Å². The third-order valence-corrected chi connectivity index (χ3v) is 6.52. The normalized spacial score (nSPS) is 24.0. The molecule has 1 N–H and O–H groups in total. The first-order chi connectivity index (χ1) is 11.9. The van der Waals surface area contributed by atoms with Crippen molar-refractivity contribution in [3.05, 3.63) is 48.2 Å². The molecule has 2 heterocycles. The average molecular weight is 359 g/mol. The van der Waals surface area contributed by atoms with Crippen molar-refractivity contribution in [2.24, 2.45) is 0 Å². The largest absolute Gasteiger partial charge is 0.342 e. The molecule has 0 saturated carbocycles. The molecule has 0 aliphatic carbocycles. The van der Waals surface area contributed by atoms with E-state index in [9.17, 15) is 9.59 Å². The zero-order chi connectivity index (χ0) is 18.0. The van der Waals surface area contributed by atoms with Crippen molar-refractivity contribution >= 4 is 23.6 Å². The fourth-order valence-electron chi connectivity index (χ4n) is 3.35. The third-order valence-electron chi connectivity index (χ3n) is 4.97. The van der Waals surface area contributed by atoms with Crippen LogP contribution in [0.4, 0.5) is 0 Å². The van der Waals surface area contributed by atoms with Crippen molar-refractivity contribution < 1.29 is 9.59 Å². The van der Waals surface area contributed by atoms with Gasteiger partial charge < -0.3 is 5.32 Å². The second-order valence-electron chi connectivity index (χ2n) is 7.27. The number of hydrogen-bond donors (Lipinski definition) is 1. The van der Waals surface area contributed by atoms with Gasteiger partial charge in [-0.25, -0.2) is 0 Å². The molecule has 0 spiro atoms. The minimum absolute atomic E-state index is 0.0111. The Balaban J connectivity index is 1.36. The number of carbonyl (C=O) groups excluding carboxylic acids is 2. The van der Waals surface area contributed by atoms with Crippen LogP contribution in [-0.2, 0) is 16.0 Å². The lowest BCUT2D eigenvalue weighted by atomic mass is 10.0. The minimum atomic E-state index is -0.389. The molecule has 3 rings (SSSR count). The van der Waals surface area contributed by atoms with E-state index in [0.717, 1.165) is 31.4 Å². The highest BCUT2D eigenvalue weighted by molar-refractivity contribution is 8.01. The third kappa shape index (κ3) is 3.76. The summed E-state index contributed by atoms with van der Waals surface area (Å²) < 4.78 is -0.142. The summed E-state index contributed by atoms with van der Waals surface area (Å²) in [6.07, 6.45) is 4.50. The summed E-state index contributed by atoms with van der Waals surface area (Å²) in [6.45, 7) is 8.15. The average Bonchev–Trinajstić information content (AvgIpc) is 2.80. The monoisotopic (exact) mass is 358 g/mol. The Bertz CT molecular complexity index is 672. The van der Waals surface area contributed by atoms with Crippen LogP contribution in [-0.4, -0.2) is 32.9 Å². The second kappa shape index (κ2) is 7.24. The van der Waals surface area contributed by atoms with Gasteiger partial charge in [0.05, 0.1) is 4.75 Å². The molecular formula is C20H26N2O2S. The molecular weight excluding hydrogens is 332 g/mol. The van der Waals surface area contributed by atoms with Crippen LogP contribution in [0.5, 0.6) is 0 Å². The van der Waals surface area contributed by atoms with Crippen LogP contribution in [0.3, 0.4) is 0 Å². The maximum atomic E-state index is 12.2. The summed E-state index contributed by atoms with van der Waals surface area (Å²) in [5, 5.41) is 2.92. The number of amides is 2. The van der Waals surface area contributed by atoms with Gasteiger partial charge in [0, 0.05) is 12.1 Å². The first-order valence-corrected chi connectivity index (χ1v) is 9.82. The lowest BCUT2D eigenvalue weighted by molar-refractivity contribution is -0.145. The molecule has 2 aliphatic rings. The lowest BCUT2D eigenvalue weighted by Gasteiger charge is -2.41. The van der Waals surface area contributed by atoms with E-state index < -0.39 is 0 Å². The highest BCUT2D eigenvalue weighted by Crippen LogP contribution is 2.52. The van der Waals surface area contributed by atoms with Gasteiger partial charge in [0.25, 0.3) is 5.91 Å². The summed E-state index contributed by atoms with van der Waals surface area (Å²) in [4.78, 5) is 26.1. The van der Waals surface area contributed by atoms with E-state index >= 15 is 0 Å². The number of β-lactam (4-membered cyclic amide) rings is 1. The molecule has 134 valence electrons. The molecule has 2 atom stereocenters. The Kier molecular flexibility index (Phi) is 5.23. The first-order valence-electron chi connectivity index (χ1n) is 8.94. The molecule has 0 radical (unpaired) electrons. The quantitative estimate of drug-likeness (QED) is 0.600. The van der Waals surface area contributed by atoms with E-state index in [-0.39, 0.29) is 28.0 Å². The Morgan fingerprint density at radius 2 is 1.96 bits per heavy atom. The summed E-state index contributed by atoms with van der Waals surface area (Å²) in [5.41, 5.74) is 2.19. The Morgan fingerprint density at radius 3 is 2.68 bits per heavy atom. The van der Waals surface area contributed by atoms with Crippen LogP contribution in [0.25, 0.3) is 0 Å². The summed E-state index contributed by atoms with van der Waals surface area (Å²) in [5.74, 6) is -0.0425. The highest BCUT2D eigenvalue weighted by atomic mass is 32.2. The molecule has 25 heavy (non-hydrogen) atoms. The standard InChI is InChI=1S/C20H26N2O2S/c1-14-20(2,3)25-19-17(18(24)22(14)19)21-16(23)13-9-5-8-12-15-10-6-4-7-11-15/h4,6-7,10-11,17,19H,1,5,8-9,12-13H2,2-3H3,(H,21,23)/t17-,19-/m1/s1. The topological polar surface area (TPSA) is 49.4 Å². The van der Waals surface area contributed by atoms with E-state index in [4.69, 9.17) is 0 Å². The fourth-order valence-corrected chi connectivity index (χ4v) is 4.84. The number of nitrogens with zero attached hydrogens (tertiary/aromatic N) is 1. The number of hydrogen-bond acceptors (Lipinski definition) is 3. The number of carbonyl (C=O) groups is 2. The Labute approximate surface area is 154 Å². The number of fused-ring (bicyclic) bond motifs is 1. The number of unbranched alkanes of at least 4 members (excludes halogenated alkanes) is 2. The maximum absolute atomic E-state index is 12.2. The smallest absolute Gasteiger partial charge is 0.253 e. The highest BCUT2D eigenvalue weighted by Gasteiger charge is 2.58. The van der Waals surface area contributed by atoms with Crippen molar-refractivity contribution in [2.75, 3.05) is 0 Å². The van der Waals surface area contributed by atoms with Gasteiger partial charge in [0.15, 0.2) is 0 Å². The van der Waals surface area contributed by atoms with Crippen LogP contribution in [0, 0.1) is 0 Å². The Hall–Kier alpha value is -1.75. The minimum Gasteiger partial charge on any atom is -0.342 e. The number of rotatable bonds is 7. The van der Waals surface area contributed by atoms with Gasteiger partial charge in [0.2, 0.25) is 5.91 Å². The summed E-state index contributed by atoms with van der Waals surface area (Å²) in [7, 11) is 0. The zero-order valence-corrected chi connectivity index (χ0v) is 15.8. The van der Waals surface area contributed by atoms with Crippen molar-refractivity contribution in [1.29, 1.82) is 0 Å². The van der Waals surface area contributed by atoms with Crippen molar-refractivity contribution in [3.8, 4) is 0 Å². The molecule has 0 unspecified atom stereocenters. The van der Waals surface area contributed by atoms with Crippen LogP contribution in [0.2, 0.25) is 0 Å². The number of aryl methyl sites for hydroxylation is 1. The van der Waals surface area contributed by atoms with Gasteiger partial charge in [-0.15, -0.1) is 11.8 Å². The zero-order valence-electron chi connectivity index (χ0n) is 15.0. The van der Waals surface area contributed by atoms with E-state index in [1.165, 1.54) is 5.56 Å². The Morgan fingerprint density at radius 1 is 1.24 bits per heavy atom. The maximum Gasteiger partial charge on any atom is 0.253 e. The number of benzene rings is 1. The van der Waals surface area contributed by atoms with Gasteiger partial charge in [-0.3, -0.25) is 14.5 Å². The lowest BCUT2D eigenvalue weighted by Crippen LogP contribution is -2.66. The molecule has 2 amide bonds. The van der Waals surface area contributed by atoms with E-state index in [1.807, 2.05) is 6.07 Å². The molecule has 2 fully saturated rings. The molecule has 0 bridgehead atoms. The van der Waals surface area contributed by atoms with Gasteiger partial charge in [-0.05, 0) is 38.7 Å². The number of nitrogens with one attached hydrogen (secondary N) is 1. The number of thioether (sulfide) groups is 1.